The van der Waals surface area contributed by atoms with E-state index in [-0.39, 0.29) is 18.0 Å². The fourth-order valence-electron chi connectivity index (χ4n) is 4.17. The Morgan fingerprint density at radius 1 is 1.23 bits per heavy atom. The van der Waals surface area contributed by atoms with E-state index in [1.807, 2.05) is 12.1 Å². The van der Waals surface area contributed by atoms with Crippen LogP contribution in [0, 0.1) is 11.8 Å². The highest BCUT2D eigenvalue weighted by Crippen LogP contribution is 2.44. The Bertz CT molecular complexity index is 912. The van der Waals surface area contributed by atoms with Crippen LogP contribution in [-0.4, -0.2) is 26.8 Å². The largest absolute Gasteiger partial charge is 0.358 e. The van der Waals surface area contributed by atoms with Crippen LogP contribution in [0.3, 0.4) is 0 Å². The lowest BCUT2D eigenvalue weighted by Crippen LogP contribution is -2.51. The van der Waals surface area contributed by atoms with Gasteiger partial charge in [0, 0.05) is 11.4 Å². The summed E-state index contributed by atoms with van der Waals surface area (Å²) in [6.45, 7) is -0.173. The van der Waals surface area contributed by atoms with Gasteiger partial charge < -0.3 is 5.32 Å². The van der Waals surface area contributed by atoms with Gasteiger partial charge >= 0.3 is 0 Å². The maximum atomic E-state index is 12.4. The molecule has 4 rings (SSSR count). The molecule has 0 saturated heterocycles. The van der Waals surface area contributed by atoms with Crippen molar-refractivity contribution in [2.75, 3.05) is 0 Å². The Balaban J connectivity index is 1.31. The Morgan fingerprint density at radius 2 is 2.08 bits per heavy atom. The summed E-state index contributed by atoms with van der Waals surface area (Å²) in [6.07, 6.45) is 6.60. The van der Waals surface area contributed by atoms with E-state index in [1.54, 1.807) is 18.3 Å². The van der Waals surface area contributed by atoms with Crippen LogP contribution >= 0.6 is 12.2 Å². The number of thiocarbonyl (C=S) groups is 1. The number of hydrogen-bond acceptors (Lipinski definition) is 4. The Hall–Kier alpha value is -2.48. The van der Waals surface area contributed by atoms with Crippen LogP contribution < -0.4 is 21.7 Å². The molecule has 8 heteroatoms. The zero-order chi connectivity index (χ0) is 18.1. The van der Waals surface area contributed by atoms with Gasteiger partial charge in [0.2, 0.25) is 0 Å². The smallest absolute Gasteiger partial charge is 0.275 e. The monoisotopic (exact) mass is 371 g/mol. The van der Waals surface area contributed by atoms with Crippen molar-refractivity contribution in [3.63, 3.8) is 0 Å². The average Bonchev–Trinajstić information content (AvgIpc) is 3.26. The minimum atomic E-state index is -0.382. The van der Waals surface area contributed by atoms with Crippen molar-refractivity contribution in [2.45, 2.75) is 38.3 Å². The molecule has 1 amide bonds. The van der Waals surface area contributed by atoms with Gasteiger partial charge in [0.15, 0.2) is 5.11 Å². The van der Waals surface area contributed by atoms with Crippen molar-refractivity contribution in [3.8, 4) is 0 Å². The second-order valence-electron chi connectivity index (χ2n) is 7.12. The SMILES string of the molecule is O=C(Cn1ncc2ccccc2c1=O)NNC(=S)N[C@H]1C[C@@H]2CC[C@H]1C2. The third-order valence-electron chi connectivity index (χ3n) is 5.43. The first kappa shape index (κ1) is 17.0. The number of aromatic nitrogens is 2. The van der Waals surface area contributed by atoms with Crippen LogP contribution in [0.15, 0.2) is 35.3 Å². The van der Waals surface area contributed by atoms with Gasteiger partial charge in [-0.25, -0.2) is 4.68 Å². The van der Waals surface area contributed by atoms with Crippen LogP contribution in [0.4, 0.5) is 0 Å². The van der Waals surface area contributed by atoms with E-state index >= 15 is 0 Å². The minimum absolute atomic E-state index is 0.173. The number of hydrogen-bond donors (Lipinski definition) is 3. The van der Waals surface area contributed by atoms with E-state index in [2.05, 4.69) is 21.3 Å². The summed E-state index contributed by atoms with van der Waals surface area (Å²) in [5.41, 5.74) is 4.96. The highest BCUT2D eigenvalue weighted by atomic mass is 32.1. The van der Waals surface area contributed by atoms with Crippen LogP contribution in [-0.2, 0) is 11.3 Å². The average molecular weight is 371 g/mol. The summed E-state index contributed by atoms with van der Waals surface area (Å²) in [4.78, 5) is 24.5. The molecule has 0 unspecified atom stereocenters. The molecule has 0 radical (unpaired) electrons. The molecule has 2 aliphatic rings. The van der Waals surface area contributed by atoms with E-state index in [4.69, 9.17) is 12.2 Å². The van der Waals surface area contributed by atoms with Crippen LogP contribution in [0.1, 0.15) is 25.7 Å². The molecule has 136 valence electrons. The van der Waals surface area contributed by atoms with Gasteiger partial charge in [0.25, 0.3) is 11.5 Å². The molecule has 1 aromatic heterocycles. The predicted octanol–water partition coefficient (Wildman–Crippen LogP) is 1.08. The third kappa shape index (κ3) is 3.41. The van der Waals surface area contributed by atoms with E-state index < -0.39 is 0 Å². The number of hydrazine groups is 1. The molecule has 2 bridgehead atoms. The highest BCUT2D eigenvalue weighted by Gasteiger charge is 2.39. The molecule has 26 heavy (non-hydrogen) atoms. The Kier molecular flexibility index (Phi) is 4.58. The molecule has 3 N–H and O–H groups in total. The minimum Gasteiger partial charge on any atom is -0.358 e. The second-order valence-corrected chi connectivity index (χ2v) is 7.53. The summed E-state index contributed by atoms with van der Waals surface area (Å²) in [5.74, 6) is 1.13. The predicted molar refractivity (Wildman–Crippen MR) is 102 cm³/mol. The second kappa shape index (κ2) is 7.03. The van der Waals surface area contributed by atoms with E-state index in [0.717, 1.165) is 22.4 Å². The Morgan fingerprint density at radius 3 is 2.85 bits per heavy atom. The topological polar surface area (TPSA) is 88.0 Å². The maximum absolute atomic E-state index is 12.4. The van der Waals surface area contributed by atoms with Crippen LogP contribution in [0.25, 0.3) is 10.8 Å². The van der Waals surface area contributed by atoms with Gasteiger partial charge in [0.1, 0.15) is 6.54 Å². The normalized spacial score (nSPS) is 23.8. The fourth-order valence-corrected chi connectivity index (χ4v) is 4.37. The molecule has 0 aliphatic heterocycles. The van der Waals surface area contributed by atoms with Crippen molar-refractivity contribution in [1.29, 1.82) is 0 Å². The third-order valence-corrected chi connectivity index (χ3v) is 5.65. The maximum Gasteiger partial charge on any atom is 0.275 e. The molecular weight excluding hydrogens is 350 g/mol. The lowest BCUT2D eigenvalue weighted by atomic mass is 9.96. The molecule has 1 aromatic carbocycles. The first-order valence-electron chi connectivity index (χ1n) is 8.90. The molecule has 3 atom stereocenters. The molecule has 2 aliphatic carbocycles. The van der Waals surface area contributed by atoms with Crippen molar-refractivity contribution in [2.24, 2.45) is 11.8 Å². The van der Waals surface area contributed by atoms with Crippen molar-refractivity contribution in [3.05, 3.63) is 40.8 Å². The summed E-state index contributed by atoms with van der Waals surface area (Å²) >= 11 is 5.26. The van der Waals surface area contributed by atoms with Gasteiger partial charge in [-0.3, -0.25) is 20.4 Å². The first-order chi connectivity index (χ1) is 12.6. The van der Waals surface area contributed by atoms with Crippen molar-refractivity contribution in [1.82, 2.24) is 25.9 Å². The van der Waals surface area contributed by atoms with Gasteiger partial charge in [-0.1, -0.05) is 24.6 Å². The molecule has 2 fully saturated rings. The number of carbonyl (C=O) groups is 1. The lowest BCUT2D eigenvalue weighted by molar-refractivity contribution is -0.122. The summed E-state index contributed by atoms with van der Waals surface area (Å²) in [6, 6.07) is 7.57. The number of rotatable bonds is 3. The Labute approximate surface area is 156 Å². The number of benzene rings is 1. The van der Waals surface area contributed by atoms with Gasteiger partial charge in [-0.15, -0.1) is 0 Å². The quantitative estimate of drug-likeness (QED) is 0.553. The summed E-state index contributed by atoms with van der Waals surface area (Å²) in [7, 11) is 0. The number of nitrogens with one attached hydrogen (secondary N) is 3. The highest BCUT2D eigenvalue weighted by molar-refractivity contribution is 7.80. The van der Waals surface area contributed by atoms with E-state index in [0.29, 0.717) is 22.5 Å². The number of amides is 1. The number of nitrogens with zero attached hydrogens (tertiary/aromatic N) is 2. The number of carbonyl (C=O) groups excluding carboxylic acids is 1. The van der Waals surface area contributed by atoms with Crippen molar-refractivity contribution < 1.29 is 4.79 Å². The molecule has 7 nitrogen and oxygen atoms in total. The fraction of sp³-hybridized carbons (Fsp3) is 0.444. The molecule has 2 saturated carbocycles. The molecule has 2 aromatic rings. The van der Waals surface area contributed by atoms with Crippen LogP contribution in [0.2, 0.25) is 0 Å². The zero-order valence-corrected chi connectivity index (χ0v) is 15.1. The summed E-state index contributed by atoms with van der Waals surface area (Å²) in [5, 5.41) is 9.04. The first-order valence-corrected chi connectivity index (χ1v) is 9.31. The summed E-state index contributed by atoms with van der Waals surface area (Å²) < 4.78 is 1.14. The van der Waals surface area contributed by atoms with Gasteiger partial charge in [-0.2, -0.15) is 5.10 Å². The zero-order valence-electron chi connectivity index (χ0n) is 14.3. The van der Waals surface area contributed by atoms with Gasteiger partial charge in [-0.05, 0) is 49.4 Å². The van der Waals surface area contributed by atoms with E-state index in [1.165, 1.54) is 19.3 Å². The van der Waals surface area contributed by atoms with Crippen LogP contribution in [0.5, 0.6) is 0 Å². The standard InChI is InChI=1S/C18H21N5O2S/c24-16(10-23-17(25)14-4-2-1-3-13(14)9-19-23)21-22-18(26)20-15-8-11-5-6-12(15)7-11/h1-4,9,11-12,15H,5-8,10H2,(H,21,24)(H2,20,22,26)/t11-,12+,15+/m1/s1. The van der Waals surface area contributed by atoms with E-state index in [9.17, 15) is 9.59 Å². The number of fused-ring (bicyclic) bond motifs is 3. The molecule has 0 spiro atoms. The molecule has 1 heterocycles. The lowest BCUT2D eigenvalue weighted by Gasteiger charge is -2.24. The molecular formula is C18H21N5O2S. The van der Waals surface area contributed by atoms with Crippen molar-refractivity contribution >= 4 is 34.0 Å². The van der Waals surface area contributed by atoms with Gasteiger partial charge in [0.05, 0.1) is 11.6 Å².